The summed E-state index contributed by atoms with van der Waals surface area (Å²) in [6.07, 6.45) is 0.637. The molecule has 7 heteroatoms. The van der Waals surface area contributed by atoms with E-state index >= 15 is 0 Å². The Labute approximate surface area is 150 Å². The Bertz CT molecular complexity index is 919. The zero-order valence-corrected chi connectivity index (χ0v) is 14.9. The lowest BCUT2D eigenvalue weighted by molar-refractivity contribution is 0.102. The SMILES string of the molecule is CCc1nc(-c2c(C)cc(C)nc2NC(=O)c2ccc(Cl)cc2)no1. The molecule has 0 fully saturated rings. The van der Waals surface area contributed by atoms with Crippen LogP contribution in [-0.2, 0) is 6.42 Å². The summed E-state index contributed by atoms with van der Waals surface area (Å²) in [4.78, 5) is 21.3. The fourth-order valence-electron chi connectivity index (χ4n) is 2.49. The summed E-state index contributed by atoms with van der Waals surface area (Å²) in [6.45, 7) is 5.72. The first-order chi connectivity index (χ1) is 12.0. The molecule has 3 rings (SSSR count). The van der Waals surface area contributed by atoms with Gasteiger partial charge in [0.2, 0.25) is 11.7 Å². The third-order valence-corrected chi connectivity index (χ3v) is 3.93. The maximum absolute atomic E-state index is 12.5. The van der Waals surface area contributed by atoms with Gasteiger partial charge in [-0.1, -0.05) is 23.7 Å². The minimum Gasteiger partial charge on any atom is -0.339 e. The highest BCUT2D eigenvalue weighted by atomic mass is 35.5. The molecule has 2 heterocycles. The first kappa shape index (κ1) is 17.1. The van der Waals surface area contributed by atoms with Gasteiger partial charge in [-0.05, 0) is 49.7 Å². The molecular formula is C18H17ClN4O2. The number of carbonyl (C=O) groups excluding carboxylic acids is 1. The predicted molar refractivity (Wildman–Crippen MR) is 95.8 cm³/mol. The molecule has 0 spiro atoms. The van der Waals surface area contributed by atoms with E-state index in [0.717, 1.165) is 11.3 Å². The molecule has 0 aliphatic heterocycles. The van der Waals surface area contributed by atoms with E-state index in [1.807, 2.05) is 26.8 Å². The number of anilines is 1. The fourth-order valence-corrected chi connectivity index (χ4v) is 2.62. The molecular weight excluding hydrogens is 340 g/mol. The highest BCUT2D eigenvalue weighted by Gasteiger charge is 2.19. The Morgan fingerprint density at radius 1 is 1.20 bits per heavy atom. The van der Waals surface area contributed by atoms with Crippen LogP contribution in [0.15, 0.2) is 34.9 Å². The Hall–Kier alpha value is -2.73. The summed E-state index contributed by atoms with van der Waals surface area (Å²) in [7, 11) is 0. The molecule has 0 bridgehead atoms. The van der Waals surface area contributed by atoms with Crippen LogP contribution in [0.25, 0.3) is 11.4 Å². The molecule has 0 radical (unpaired) electrons. The summed E-state index contributed by atoms with van der Waals surface area (Å²) in [5.74, 6) is 1.06. The molecule has 0 unspecified atom stereocenters. The number of hydrogen-bond donors (Lipinski definition) is 1. The highest BCUT2D eigenvalue weighted by molar-refractivity contribution is 6.30. The van der Waals surface area contributed by atoms with E-state index in [-0.39, 0.29) is 5.91 Å². The number of nitrogens with zero attached hydrogens (tertiary/aromatic N) is 3. The summed E-state index contributed by atoms with van der Waals surface area (Å²) in [6, 6.07) is 8.56. The maximum Gasteiger partial charge on any atom is 0.256 e. The molecule has 0 aliphatic carbocycles. The lowest BCUT2D eigenvalue weighted by Gasteiger charge is -2.11. The number of carbonyl (C=O) groups is 1. The third-order valence-electron chi connectivity index (χ3n) is 3.68. The van der Waals surface area contributed by atoms with Crippen molar-refractivity contribution in [2.75, 3.05) is 5.32 Å². The van der Waals surface area contributed by atoms with Crippen molar-refractivity contribution in [3.8, 4) is 11.4 Å². The van der Waals surface area contributed by atoms with Crippen molar-refractivity contribution in [2.24, 2.45) is 0 Å². The molecule has 1 amide bonds. The zero-order valence-electron chi connectivity index (χ0n) is 14.1. The van der Waals surface area contributed by atoms with Crippen molar-refractivity contribution in [1.29, 1.82) is 0 Å². The van der Waals surface area contributed by atoms with Crippen LogP contribution in [0.2, 0.25) is 5.02 Å². The van der Waals surface area contributed by atoms with E-state index < -0.39 is 0 Å². The van der Waals surface area contributed by atoms with Gasteiger partial charge in [0.05, 0.1) is 5.56 Å². The molecule has 1 N–H and O–H groups in total. The molecule has 2 aromatic heterocycles. The number of pyridine rings is 1. The number of rotatable bonds is 4. The normalized spacial score (nSPS) is 10.7. The highest BCUT2D eigenvalue weighted by Crippen LogP contribution is 2.29. The van der Waals surface area contributed by atoms with Crippen LogP contribution in [0.4, 0.5) is 5.82 Å². The van der Waals surface area contributed by atoms with Crippen LogP contribution >= 0.6 is 11.6 Å². The number of nitrogens with one attached hydrogen (secondary N) is 1. The second kappa shape index (κ2) is 7.03. The van der Waals surface area contributed by atoms with Gasteiger partial charge in [0.15, 0.2) is 0 Å². The minimum absolute atomic E-state index is 0.283. The van der Waals surface area contributed by atoms with Crippen LogP contribution in [0.1, 0.15) is 34.4 Å². The third kappa shape index (κ3) is 3.69. The molecule has 0 saturated heterocycles. The standard InChI is InChI=1S/C18H17ClN4O2/c1-4-14-21-17(23-25-14)15-10(2)9-11(3)20-16(15)22-18(24)12-5-7-13(19)8-6-12/h5-9H,4H2,1-3H3,(H,20,22,24). The van der Waals surface area contributed by atoms with E-state index in [2.05, 4.69) is 20.4 Å². The largest absolute Gasteiger partial charge is 0.339 e. The second-order valence-corrected chi connectivity index (χ2v) is 6.07. The van der Waals surface area contributed by atoms with Crippen molar-refractivity contribution in [1.82, 2.24) is 15.1 Å². The van der Waals surface area contributed by atoms with Crippen molar-refractivity contribution < 1.29 is 9.32 Å². The molecule has 0 atom stereocenters. The van der Waals surface area contributed by atoms with Crippen LogP contribution in [0.5, 0.6) is 0 Å². The lowest BCUT2D eigenvalue weighted by atomic mass is 10.1. The van der Waals surface area contributed by atoms with Gasteiger partial charge in [-0.3, -0.25) is 4.79 Å². The van der Waals surface area contributed by atoms with Crippen molar-refractivity contribution in [3.05, 3.63) is 58.1 Å². The van der Waals surface area contributed by atoms with Gasteiger partial charge >= 0.3 is 0 Å². The monoisotopic (exact) mass is 356 g/mol. The molecule has 25 heavy (non-hydrogen) atoms. The van der Waals surface area contributed by atoms with Crippen LogP contribution < -0.4 is 5.32 Å². The number of halogens is 1. The van der Waals surface area contributed by atoms with Crippen LogP contribution in [0, 0.1) is 13.8 Å². The van der Waals surface area contributed by atoms with Gasteiger partial charge in [0.25, 0.3) is 5.91 Å². The Balaban J connectivity index is 2.00. The molecule has 3 aromatic rings. The van der Waals surface area contributed by atoms with Crippen molar-refractivity contribution >= 4 is 23.3 Å². The number of aromatic nitrogens is 3. The van der Waals surface area contributed by atoms with E-state index in [1.54, 1.807) is 24.3 Å². The van der Waals surface area contributed by atoms with E-state index in [0.29, 0.717) is 40.1 Å². The van der Waals surface area contributed by atoms with Crippen LogP contribution in [-0.4, -0.2) is 21.0 Å². The van der Waals surface area contributed by atoms with Crippen molar-refractivity contribution in [2.45, 2.75) is 27.2 Å². The van der Waals surface area contributed by atoms with Gasteiger partial charge in [0.1, 0.15) is 5.82 Å². The van der Waals surface area contributed by atoms with Gasteiger partial charge in [0, 0.05) is 22.7 Å². The smallest absolute Gasteiger partial charge is 0.256 e. The lowest BCUT2D eigenvalue weighted by Crippen LogP contribution is -2.15. The number of hydrogen-bond acceptors (Lipinski definition) is 5. The molecule has 0 aliphatic rings. The summed E-state index contributed by atoms with van der Waals surface area (Å²) < 4.78 is 5.19. The van der Waals surface area contributed by atoms with Crippen LogP contribution in [0.3, 0.4) is 0 Å². The van der Waals surface area contributed by atoms with E-state index in [1.165, 1.54) is 0 Å². The number of benzene rings is 1. The van der Waals surface area contributed by atoms with Crippen molar-refractivity contribution in [3.63, 3.8) is 0 Å². The average Bonchev–Trinajstić information content (AvgIpc) is 3.03. The van der Waals surface area contributed by atoms with Gasteiger partial charge < -0.3 is 9.84 Å². The molecule has 6 nitrogen and oxygen atoms in total. The van der Waals surface area contributed by atoms with Gasteiger partial charge in [-0.25, -0.2) is 4.98 Å². The number of aryl methyl sites for hydroxylation is 3. The Morgan fingerprint density at radius 2 is 1.92 bits per heavy atom. The summed E-state index contributed by atoms with van der Waals surface area (Å²) >= 11 is 5.87. The second-order valence-electron chi connectivity index (χ2n) is 5.63. The van der Waals surface area contributed by atoms with Gasteiger partial charge in [-0.2, -0.15) is 4.98 Å². The Morgan fingerprint density at radius 3 is 2.56 bits per heavy atom. The minimum atomic E-state index is -0.283. The zero-order chi connectivity index (χ0) is 18.0. The van der Waals surface area contributed by atoms with E-state index in [9.17, 15) is 4.79 Å². The van der Waals surface area contributed by atoms with E-state index in [4.69, 9.17) is 16.1 Å². The molecule has 1 aromatic carbocycles. The topological polar surface area (TPSA) is 80.9 Å². The maximum atomic E-state index is 12.5. The first-order valence-electron chi connectivity index (χ1n) is 7.86. The number of amides is 1. The average molecular weight is 357 g/mol. The fraction of sp³-hybridized carbons (Fsp3) is 0.222. The summed E-state index contributed by atoms with van der Waals surface area (Å²) in [5, 5.41) is 7.41. The Kier molecular flexibility index (Phi) is 4.81. The summed E-state index contributed by atoms with van der Waals surface area (Å²) in [5.41, 5.74) is 2.82. The molecule has 128 valence electrons. The quantitative estimate of drug-likeness (QED) is 0.757. The molecule has 0 saturated carbocycles. The predicted octanol–water partition coefficient (Wildman–Crippen LogP) is 4.22. The van der Waals surface area contributed by atoms with Gasteiger partial charge in [-0.15, -0.1) is 0 Å². The first-order valence-corrected chi connectivity index (χ1v) is 8.24.